The van der Waals surface area contributed by atoms with Gasteiger partial charge in [0, 0.05) is 38.5 Å². The van der Waals surface area contributed by atoms with Crippen LogP contribution in [0.25, 0.3) is 0 Å². The first kappa shape index (κ1) is 15.3. The summed E-state index contributed by atoms with van der Waals surface area (Å²) < 4.78 is 5.35. The van der Waals surface area contributed by atoms with Gasteiger partial charge in [-0.3, -0.25) is 9.59 Å². The zero-order valence-corrected chi connectivity index (χ0v) is 11.8. The Balaban J connectivity index is 1.67. The van der Waals surface area contributed by atoms with E-state index < -0.39 is 5.97 Å². The average Bonchev–Trinajstić information content (AvgIpc) is 2.46. The minimum atomic E-state index is -0.730. The highest BCUT2D eigenvalue weighted by Crippen LogP contribution is 2.22. The number of aliphatic carboxylic acids is 1. The fourth-order valence-electron chi connectivity index (χ4n) is 2.89. The Bertz CT molecular complexity index is 334. The summed E-state index contributed by atoms with van der Waals surface area (Å²) in [6.07, 6.45) is 3.32. The Morgan fingerprint density at radius 3 is 2.65 bits per heavy atom. The van der Waals surface area contributed by atoms with Crippen molar-refractivity contribution in [2.24, 2.45) is 5.92 Å². The first-order valence-electron chi connectivity index (χ1n) is 7.46. The Labute approximate surface area is 119 Å². The predicted molar refractivity (Wildman–Crippen MR) is 73.4 cm³/mol. The fraction of sp³-hybridized carbons (Fsp3) is 0.857. The maximum absolute atomic E-state index is 12.2. The van der Waals surface area contributed by atoms with Crippen molar-refractivity contribution in [3.05, 3.63) is 0 Å². The lowest BCUT2D eigenvalue weighted by Gasteiger charge is -2.33. The number of carboxylic acid groups (broad SMARTS) is 1. The lowest BCUT2D eigenvalue weighted by atomic mass is 9.92. The topological polar surface area (TPSA) is 78.9 Å². The smallest absolute Gasteiger partial charge is 0.303 e. The number of carboxylic acids is 1. The molecular formula is C14H24N2O4. The molecule has 1 atom stereocenters. The summed E-state index contributed by atoms with van der Waals surface area (Å²) >= 11 is 0. The monoisotopic (exact) mass is 284 g/mol. The molecule has 2 N–H and O–H groups in total. The van der Waals surface area contributed by atoms with Crippen molar-refractivity contribution < 1.29 is 19.4 Å². The summed E-state index contributed by atoms with van der Waals surface area (Å²) in [4.78, 5) is 24.6. The van der Waals surface area contributed by atoms with Crippen LogP contribution in [0.4, 0.5) is 0 Å². The van der Waals surface area contributed by atoms with E-state index in [1.54, 1.807) is 0 Å². The van der Waals surface area contributed by atoms with Crippen LogP contribution in [-0.4, -0.2) is 60.8 Å². The Morgan fingerprint density at radius 2 is 2.05 bits per heavy atom. The van der Waals surface area contributed by atoms with Crippen molar-refractivity contribution in [3.8, 4) is 0 Å². The highest BCUT2D eigenvalue weighted by molar-refractivity contribution is 5.77. The van der Waals surface area contributed by atoms with Crippen LogP contribution in [0.5, 0.6) is 0 Å². The van der Waals surface area contributed by atoms with Crippen LogP contribution in [0.1, 0.15) is 32.1 Å². The number of nitrogens with zero attached hydrogens (tertiary/aromatic N) is 1. The third-order valence-corrected chi connectivity index (χ3v) is 4.15. The molecule has 0 aromatic heterocycles. The van der Waals surface area contributed by atoms with E-state index in [4.69, 9.17) is 9.84 Å². The summed E-state index contributed by atoms with van der Waals surface area (Å²) in [5, 5.41) is 12.0. The van der Waals surface area contributed by atoms with E-state index >= 15 is 0 Å². The van der Waals surface area contributed by atoms with E-state index in [1.807, 2.05) is 4.90 Å². The van der Waals surface area contributed by atoms with E-state index in [1.165, 1.54) is 0 Å². The van der Waals surface area contributed by atoms with E-state index in [-0.39, 0.29) is 18.4 Å². The lowest BCUT2D eigenvalue weighted by molar-refractivity contribution is -0.138. The van der Waals surface area contributed by atoms with Gasteiger partial charge in [-0.15, -0.1) is 0 Å². The van der Waals surface area contributed by atoms with Crippen LogP contribution in [0.3, 0.4) is 0 Å². The summed E-state index contributed by atoms with van der Waals surface area (Å²) in [6.45, 7) is 3.67. The summed E-state index contributed by atoms with van der Waals surface area (Å²) in [6, 6.07) is 0.140. The first-order chi connectivity index (χ1) is 9.65. The molecule has 2 heterocycles. The highest BCUT2D eigenvalue weighted by Gasteiger charge is 2.25. The zero-order valence-electron chi connectivity index (χ0n) is 11.8. The molecule has 0 aliphatic carbocycles. The van der Waals surface area contributed by atoms with Crippen LogP contribution in [-0.2, 0) is 14.3 Å². The van der Waals surface area contributed by atoms with Gasteiger partial charge in [-0.1, -0.05) is 0 Å². The molecule has 0 aromatic rings. The first-order valence-corrected chi connectivity index (χ1v) is 7.46. The molecule has 1 unspecified atom stereocenters. The number of piperidine rings is 1. The number of ether oxygens (including phenoxy) is 1. The van der Waals surface area contributed by atoms with Gasteiger partial charge >= 0.3 is 5.97 Å². The van der Waals surface area contributed by atoms with Crippen molar-refractivity contribution in [3.63, 3.8) is 0 Å². The minimum Gasteiger partial charge on any atom is -0.481 e. The third kappa shape index (κ3) is 4.76. The molecule has 2 aliphatic rings. The second-order valence-corrected chi connectivity index (χ2v) is 5.69. The number of nitrogens with one attached hydrogen (secondary N) is 1. The van der Waals surface area contributed by atoms with Gasteiger partial charge in [0.05, 0.1) is 13.2 Å². The van der Waals surface area contributed by atoms with Crippen molar-refractivity contribution in [1.82, 2.24) is 10.2 Å². The van der Waals surface area contributed by atoms with Crippen molar-refractivity contribution >= 4 is 11.9 Å². The molecule has 2 rings (SSSR count). The normalized spacial score (nSPS) is 24.6. The second-order valence-electron chi connectivity index (χ2n) is 5.69. The zero-order chi connectivity index (χ0) is 14.4. The van der Waals surface area contributed by atoms with Crippen LogP contribution >= 0.6 is 0 Å². The molecule has 0 bridgehead atoms. The molecule has 6 nitrogen and oxygen atoms in total. The molecule has 114 valence electrons. The molecule has 2 fully saturated rings. The Hall–Kier alpha value is -1.14. The van der Waals surface area contributed by atoms with E-state index in [0.717, 1.165) is 45.5 Å². The molecule has 2 aliphatic heterocycles. The molecule has 2 saturated heterocycles. The van der Waals surface area contributed by atoms with Gasteiger partial charge in [0.1, 0.15) is 0 Å². The van der Waals surface area contributed by atoms with E-state index in [9.17, 15) is 9.59 Å². The third-order valence-electron chi connectivity index (χ3n) is 4.15. The van der Waals surface area contributed by atoms with Crippen LogP contribution in [0.15, 0.2) is 0 Å². The van der Waals surface area contributed by atoms with Gasteiger partial charge < -0.3 is 20.1 Å². The molecule has 0 saturated carbocycles. The van der Waals surface area contributed by atoms with Gasteiger partial charge in [-0.2, -0.15) is 0 Å². The Kier molecular flexibility index (Phi) is 5.79. The maximum atomic E-state index is 12.2. The number of rotatable bonds is 5. The van der Waals surface area contributed by atoms with Gasteiger partial charge in [0.15, 0.2) is 0 Å². The minimum absolute atomic E-state index is 0.140. The van der Waals surface area contributed by atoms with Gasteiger partial charge in [-0.05, 0) is 25.2 Å². The van der Waals surface area contributed by atoms with Crippen LogP contribution in [0.2, 0.25) is 0 Å². The predicted octanol–water partition coefficient (Wildman–Crippen LogP) is 0.468. The maximum Gasteiger partial charge on any atom is 0.303 e. The van der Waals surface area contributed by atoms with Gasteiger partial charge in [0.2, 0.25) is 5.91 Å². The molecule has 20 heavy (non-hydrogen) atoms. The number of carbonyl (C=O) groups is 2. The quantitative estimate of drug-likeness (QED) is 0.767. The van der Waals surface area contributed by atoms with Crippen molar-refractivity contribution in [1.29, 1.82) is 0 Å². The van der Waals surface area contributed by atoms with Crippen LogP contribution in [0, 0.1) is 5.92 Å². The number of hydrogen-bond donors (Lipinski definition) is 2. The van der Waals surface area contributed by atoms with Gasteiger partial charge in [0.25, 0.3) is 0 Å². The number of amides is 1. The summed E-state index contributed by atoms with van der Waals surface area (Å²) in [5.74, 6) is -0.0946. The fourth-order valence-corrected chi connectivity index (χ4v) is 2.89. The SMILES string of the molecule is O=C(O)CCC1CCN(C(=O)CC2COCCN2)CC1. The highest BCUT2D eigenvalue weighted by atomic mass is 16.5. The number of morpholine rings is 1. The second kappa shape index (κ2) is 7.59. The molecule has 0 spiro atoms. The Morgan fingerprint density at radius 1 is 1.30 bits per heavy atom. The summed E-state index contributed by atoms with van der Waals surface area (Å²) in [5.41, 5.74) is 0. The largest absolute Gasteiger partial charge is 0.481 e. The van der Waals surface area contributed by atoms with E-state index in [0.29, 0.717) is 18.9 Å². The van der Waals surface area contributed by atoms with Crippen molar-refractivity contribution in [2.75, 3.05) is 32.8 Å². The molecule has 0 aromatic carbocycles. The molecule has 0 radical (unpaired) electrons. The molecule has 6 heteroatoms. The van der Waals surface area contributed by atoms with Crippen molar-refractivity contribution in [2.45, 2.75) is 38.1 Å². The number of likely N-dealkylation sites (tertiary alicyclic amines) is 1. The number of carbonyl (C=O) groups excluding carboxylic acids is 1. The van der Waals surface area contributed by atoms with Crippen LogP contribution < -0.4 is 5.32 Å². The lowest BCUT2D eigenvalue weighted by Crippen LogP contribution is -2.46. The standard InChI is InChI=1S/C14H24N2O4/c17-13(9-12-10-20-8-5-15-12)16-6-3-11(4-7-16)1-2-14(18)19/h11-12,15H,1-10H2,(H,18,19). The van der Waals surface area contributed by atoms with E-state index in [2.05, 4.69) is 5.32 Å². The molecule has 1 amide bonds. The number of hydrogen-bond acceptors (Lipinski definition) is 4. The average molecular weight is 284 g/mol. The molecular weight excluding hydrogens is 260 g/mol. The van der Waals surface area contributed by atoms with Gasteiger partial charge in [-0.25, -0.2) is 0 Å². The summed E-state index contributed by atoms with van der Waals surface area (Å²) in [7, 11) is 0.